The van der Waals surface area contributed by atoms with Crippen LogP contribution < -0.4 is 4.74 Å². The molecular formula is C76H122N4O. The number of rotatable bonds is 46. The van der Waals surface area contributed by atoms with Crippen LogP contribution >= 0.6 is 0 Å². The third kappa shape index (κ3) is 27.3. The van der Waals surface area contributed by atoms with E-state index in [4.69, 9.17) is 24.7 Å². The van der Waals surface area contributed by atoms with Gasteiger partial charge in [0.05, 0.1) is 0 Å². The standard InChI is InChI=1S/C76H122N4O/c1-5-9-13-17-21-23-25-29-31-35-39-63-47-53-73(71(55-63)57-65-43-49-69(50-44-65)75-77-59-67(60-78-75)41-37-33-27-19-15-11-7-3)81-74-54-48-64(40-36-32-30-26-24-22-18-14-10-6-2)56-72(74)58-66-45-51-70(52-46-66)76-79-61-68(62-80-76)42-38-34-28-20-16-12-8-4/h47-48,53-56,59-62,65-66,69-70H,5-46,49-52,57-58H2,1-4H3/t65-,66-,69-,70-. The van der Waals surface area contributed by atoms with Gasteiger partial charge in [-0.1, -0.05) is 245 Å². The van der Waals surface area contributed by atoms with Gasteiger partial charge in [-0.3, -0.25) is 0 Å². The fourth-order valence-corrected chi connectivity index (χ4v) is 13.7. The summed E-state index contributed by atoms with van der Waals surface area (Å²) in [5.41, 5.74) is 8.45. The second kappa shape index (κ2) is 42.2. The predicted molar refractivity (Wildman–Crippen MR) is 348 cm³/mol. The maximum atomic E-state index is 7.32. The first-order valence-electron chi connectivity index (χ1n) is 35.6. The Morgan fingerprint density at radius 3 is 0.852 bits per heavy atom. The van der Waals surface area contributed by atoms with Crippen molar-refractivity contribution in [3.8, 4) is 11.5 Å². The molecule has 0 atom stereocenters. The number of nitrogens with zero attached hydrogens (tertiary/aromatic N) is 4. The molecule has 2 aromatic carbocycles. The molecule has 0 spiro atoms. The van der Waals surface area contributed by atoms with E-state index in [1.54, 1.807) is 0 Å². The van der Waals surface area contributed by atoms with Crippen LogP contribution in [0.2, 0.25) is 0 Å². The number of ether oxygens (including phenoxy) is 1. The highest BCUT2D eigenvalue weighted by Crippen LogP contribution is 2.41. The molecule has 452 valence electrons. The van der Waals surface area contributed by atoms with Gasteiger partial charge in [-0.15, -0.1) is 0 Å². The Labute approximate surface area is 499 Å². The van der Waals surface area contributed by atoms with E-state index in [2.05, 4.69) is 88.9 Å². The lowest BCUT2D eigenvalue weighted by molar-refractivity contribution is 0.312. The summed E-state index contributed by atoms with van der Waals surface area (Å²) in [6, 6.07) is 14.7. The van der Waals surface area contributed by atoms with Gasteiger partial charge in [0.15, 0.2) is 0 Å². The quantitative estimate of drug-likeness (QED) is 0.0413. The Morgan fingerprint density at radius 1 is 0.309 bits per heavy atom. The normalized spacial score (nSPS) is 17.5. The molecule has 0 saturated heterocycles. The summed E-state index contributed by atoms with van der Waals surface area (Å²) in [5.74, 6) is 6.57. The van der Waals surface area contributed by atoms with Gasteiger partial charge >= 0.3 is 0 Å². The lowest BCUT2D eigenvalue weighted by Gasteiger charge is -2.29. The van der Waals surface area contributed by atoms with Gasteiger partial charge in [-0.2, -0.15) is 0 Å². The number of aryl methyl sites for hydroxylation is 4. The van der Waals surface area contributed by atoms with Gasteiger partial charge in [-0.25, -0.2) is 19.9 Å². The van der Waals surface area contributed by atoms with Crippen molar-refractivity contribution in [3.63, 3.8) is 0 Å². The first-order valence-corrected chi connectivity index (χ1v) is 35.6. The molecule has 4 aromatic rings. The minimum absolute atomic E-state index is 0.473. The lowest BCUT2D eigenvalue weighted by Crippen LogP contribution is -2.18. The van der Waals surface area contributed by atoms with Crippen LogP contribution in [0.4, 0.5) is 0 Å². The van der Waals surface area contributed by atoms with Crippen LogP contribution in [0.25, 0.3) is 0 Å². The minimum Gasteiger partial charge on any atom is -0.457 e. The van der Waals surface area contributed by atoms with Crippen LogP contribution in [0.1, 0.15) is 354 Å². The van der Waals surface area contributed by atoms with Crippen LogP contribution in [-0.2, 0) is 38.5 Å². The van der Waals surface area contributed by atoms with Crippen molar-refractivity contribution in [1.82, 2.24) is 19.9 Å². The molecule has 2 aromatic heterocycles. The van der Waals surface area contributed by atoms with Crippen LogP contribution in [0, 0.1) is 11.8 Å². The van der Waals surface area contributed by atoms with Crippen molar-refractivity contribution in [2.45, 2.75) is 348 Å². The number of hydrogen-bond acceptors (Lipinski definition) is 5. The molecule has 0 amide bonds. The second-order valence-electron chi connectivity index (χ2n) is 26.3. The summed E-state index contributed by atoms with van der Waals surface area (Å²) in [6.07, 6.45) is 71.3. The van der Waals surface area contributed by atoms with Crippen molar-refractivity contribution in [2.75, 3.05) is 0 Å². The van der Waals surface area contributed by atoms with Crippen molar-refractivity contribution in [1.29, 1.82) is 0 Å². The van der Waals surface area contributed by atoms with Crippen molar-refractivity contribution in [2.24, 2.45) is 11.8 Å². The van der Waals surface area contributed by atoms with E-state index >= 15 is 0 Å². The Morgan fingerprint density at radius 2 is 0.568 bits per heavy atom. The number of unbranched alkanes of at least 4 members (excludes halogenated alkanes) is 30. The molecular weight excluding hydrogens is 985 g/mol. The molecule has 0 unspecified atom stereocenters. The Kier molecular flexibility index (Phi) is 34.7. The van der Waals surface area contributed by atoms with Crippen LogP contribution in [-0.4, -0.2) is 19.9 Å². The second-order valence-corrected chi connectivity index (χ2v) is 26.3. The van der Waals surface area contributed by atoms with Crippen LogP contribution in [0.3, 0.4) is 0 Å². The molecule has 2 saturated carbocycles. The third-order valence-electron chi connectivity index (χ3n) is 19.1. The highest BCUT2D eigenvalue weighted by molar-refractivity contribution is 5.45. The van der Waals surface area contributed by atoms with Gasteiger partial charge in [0.2, 0.25) is 0 Å². The zero-order valence-electron chi connectivity index (χ0n) is 53.2. The third-order valence-corrected chi connectivity index (χ3v) is 19.1. The van der Waals surface area contributed by atoms with Gasteiger partial charge in [0.25, 0.3) is 0 Å². The van der Waals surface area contributed by atoms with Crippen molar-refractivity contribution >= 4 is 0 Å². The number of aromatic nitrogens is 4. The van der Waals surface area contributed by atoms with E-state index in [9.17, 15) is 0 Å². The maximum absolute atomic E-state index is 7.32. The molecule has 0 bridgehead atoms. The molecule has 5 nitrogen and oxygen atoms in total. The summed E-state index contributed by atoms with van der Waals surface area (Å²) < 4.78 is 7.32. The Bertz CT molecular complexity index is 2000. The monoisotopic (exact) mass is 1110 g/mol. The average molecular weight is 1110 g/mol. The molecule has 2 aliphatic rings. The molecule has 6 rings (SSSR count). The van der Waals surface area contributed by atoms with Crippen LogP contribution in [0.15, 0.2) is 61.2 Å². The van der Waals surface area contributed by atoms with Gasteiger partial charge in [0.1, 0.15) is 23.1 Å². The molecule has 2 fully saturated rings. The smallest absolute Gasteiger partial charge is 0.131 e. The fraction of sp³-hybridized carbons (Fsp3) is 0.737. The van der Waals surface area contributed by atoms with E-state index in [0.29, 0.717) is 23.7 Å². The molecule has 5 heteroatoms. The van der Waals surface area contributed by atoms with E-state index in [1.165, 1.54) is 316 Å². The molecule has 0 radical (unpaired) electrons. The highest BCUT2D eigenvalue weighted by atomic mass is 16.5. The van der Waals surface area contributed by atoms with Gasteiger partial charge in [0, 0.05) is 36.6 Å². The summed E-state index contributed by atoms with van der Waals surface area (Å²) in [5, 5.41) is 0. The number of benzene rings is 2. The predicted octanol–water partition coefficient (Wildman–Crippen LogP) is 23.6. The van der Waals surface area contributed by atoms with E-state index in [1.807, 2.05) is 0 Å². The lowest BCUT2D eigenvalue weighted by atomic mass is 9.78. The maximum Gasteiger partial charge on any atom is 0.131 e. The molecule has 81 heavy (non-hydrogen) atoms. The van der Waals surface area contributed by atoms with Crippen molar-refractivity contribution in [3.05, 3.63) is 106 Å². The van der Waals surface area contributed by atoms with Gasteiger partial charge < -0.3 is 4.74 Å². The average Bonchev–Trinajstić information content (AvgIpc) is 3.49. The highest BCUT2D eigenvalue weighted by Gasteiger charge is 2.28. The fourth-order valence-electron chi connectivity index (χ4n) is 13.7. The van der Waals surface area contributed by atoms with E-state index in [0.717, 1.165) is 48.8 Å². The molecule has 2 aliphatic carbocycles. The van der Waals surface area contributed by atoms with Crippen LogP contribution in [0.5, 0.6) is 11.5 Å². The summed E-state index contributed by atoms with van der Waals surface area (Å²) in [6.45, 7) is 9.23. The van der Waals surface area contributed by atoms with E-state index in [-0.39, 0.29) is 0 Å². The SMILES string of the molecule is CCCCCCCCCCCCc1ccc(Oc2ccc(CCCCCCCCCCCC)cc2C[C@H]2CC[C@H](c3ncc(CCCCCCCCC)cn3)CC2)c(C[C@H]2CC[C@H](c3ncc(CCCCCCCCC)cn3)CC2)c1. The molecule has 0 N–H and O–H groups in total. The number of hydrogen-bond donors (Lipinski definition) is 0. The Hall–Kier alpha value is -3.60. The summed E-state index contributed by atoms with van der Waals surface area (Å²) in [4.78, 5) is 20.0. The first kappa shape index (κ1) is 66.5. The summed E-state index contributed by atoms with van der Waals surface area (Å²) >= 11 is 0. The zero-order chi connectivity index (χ0) is 56.6. The largest absolute Gasteiger partial charge is 0.457 e. The summed E-state index contributed by atoms with van der Waals surface area (Å²) in [7, 11) is 0. The first-order chi connectivity index (χ1) is 40.0. The zero-order valence-corrected chi connectivity index (χ0v) is 53.2. The topological polar surface area (TPSA) is 60.8 Å². The van der Waals surface area contributed by atoms with E-state index < -0.39 is 0 Å². The van der Waals surface area contributed by atoms with Crippen molar-refractivity contribution < 1.29 is 4.74 Å². The minimum atomic E-state index is 0.473. The van der Waals surface area contributed by atoms with Gasteiger partial charge in [-0.05, 0) is 173 Å². The molecule has 0 aliphatic heterocycles. The molecule has 2 heterocycles. The Balaban J connectivity index is 1.09.